The second-order valence-corrected chi connectivity index (χ2v) is 7.74. The molecular formula is C20H22ClN5OS. The number of halogens is 1. The van der Waals surface area contributed by atoms with Gasteiger partial charge in [-0.05, 0) is 36.2 Å². The van der Waals surface area contributed by atoms with Gasteiger partial charge in [0, 0.05) is 19.1 Å². The largest absolute Gasteiger partial charge is 0.376 e. The van der Waals surface area contributed by atoms with Crippen molar-refractivity contribution in [3.63, 3.8) is 0 Å². The molecule has 8 heteroatoms. The average Bonchev–Trinajstić information content (AvgIpc) is 3.14. The van der Waals surface area contributed by atoms with Gasteiger partial charge in [-0.15, -0.1) is 10.2 Å². The summed E-state index contributed by atoms with van der Waals surface area (Å²) in [6, 6.07) is 13.5. The van der Waals surface area contributed by atoms with Crippen molar-refractivity contribution in [3.8, 4) is 5.69 Å². The molecule has 3 rings (SSSR count). The Balaban J connectivity index is 1.72. The van der Waals surface area contributed by atoms with Gasteiger partial charge in [0.2, 0.25) is 5.91 Å². The number of nitrogens with zero attached hydrogens (tertiary/aromatic N) is 4. The van der Waals surface area contributed by atoms with Gasteiger partial charge < -0.3 is 10.2 Å². The van der Waals surface area contributed by atoms with Crippen LogP contribution in [0.25, 0.3) is 5.69 Å². The SMILES string of the molecule is CCc1ccccc1-n1cnnc1SCC(=O)Nc1cc(Cl)ccc1N(C)C. The lowest BCUT2D eigenvalue weighted by Gasteiger charge is -2.18. The molecule has 146 valence electrons. The molecule has 0 radical (unpaired) electrons. The molecule has 0 saturated heterocycles. The third kappa shape index (κ3) is 4.66. The van der Waals surface area contributed by atoms with Crippen LogP contribution in [-0.2, 0) is 11.2 Å². The summed E-state index contributed by atoms with van der Waals surface area (Å²) in [6.45, 7) is 2.11. The van der Waals surface area contributed by atoms with E-state index in [9.17, 15) is 4.79 Å². The fourth-order valence-corrected chi connectivity index (χ4v) is 3.74. The number of carbonyl (C=O) groups excluding carboxylic acids is 1. The lowest BCUT2D eigenvalue weighted by molar-refractivity contribution is -0.113. The monoisotopic (exact) mass is 415 g/mol. The van der Waals surface area contributed by atoms with Crippen LogP contribution >= 0.6 is 23.4 Å². The maximum atomic E-state index is 12.5. The van der Waals surface area contributed by atoms with E-state index in [1.165, 1.54) is 17.3 Å². The van der Waals surface area contributed by atoms with Crippen LogP contribution in [-0.4, -0.2) is 40.5 Å². The van der Waals surface area contributed by atoms with Crippen molar-refractivity contribution in [3.05, 3.63) is 59.4 Å². The topological polar surface area (TPSA) is 63.1 Å². The van der Waals surface area contributed by atoms with Crippen molar-refractivity contribution in [2.75, 3.05) is 30.1 Å². The summed E-state index contributed by atoms with van der Waals surface area (Å²) in [6.07, 6.45) is 2.58. The third-order valence-corrected chi connectivity index (χ3v) is 5.37. The summed E-state index contributed by atoms with van der Waals surface area (Å²) < 4.78 is 1.92. The van der Waals surface area contributed by atoms with Gasteiger partial charge in [-0.25, -0.2) is 0 Å². The smallest absolute Gasteiger partial charge is 0.234 e. The predicted molar refractivity (Wildman–Crippen MR) is 116 cm³/mol. The average molecular weight is 416 g/mol. The van der Waals surface area contributed by atoms with Crippen molar-refractivity contribution >= 4 is 40.6 Å². The lowest BCUT2D eigenvalue weighted by atomic mass is 10.1. The van der Waals surface area contributed by atoms with Crippen LogP contribution in [0.5, 0.6) is 0 Å². The van der Waals surface area contributed by atoms with Gasteiger partial charge in [0.25, 0.3) is 0 Å². The van der Waals surface area contributed by atoms with Crippen LogP contribution in [0.2, 0.25) is 5.02 Å². The number of aromatic nitrogens is 3. The number of carbonyl (C=O) groups is 1. The Hall–Kier alpha value is -2.51. The van der Waals surface area contributed by atoms with E-state index in [0.717, 1.165) is 17.8 Å². The van der Waals surface area contributed by atoms with Crippen LogP contribution in [0, 0.1) is 0 Å². The molecule has 0 unspecified atom stereocenters. The Morgan fingerprint density at radius 3 is 2.79 bits per heavy atom. The Kier molecular flexibility index (Phi) is 6.59. The van der Waals surface area contributed by atoms with Gasteiger partial charge in [-0.2, -0.15) is 0 Å². The molecule has 1 amide bonds. The number of thioether (sulfide) groups is 1. The zero-order valence-corrected chi connectivity index (χ0v) is 17.6. The van der Waals surface area contributed by atoms with Gasteiger partial charge in [-0.1, -0.05) is 48.5 Å². The van der Waals surface area contributed by atoms with E-state index in [2.05, 4.69) is 28.5 Å². The summed E-state index contributed by atoms with van der Waals surface area (Å²) in [4.78, 5) is 14.4. The second kappa shape index (κ2) is 9.12. The van der Waals surface area contributed by atoms with Crippen LogP contribution in [0.4, 0.5) is 11.4 Å². The fraction of sp³-hybridized carbons (Fsp3) is 0.250. The molecule has 0 aliphatic heterocycles. The highest BCUT2D eigenvalue weighted by Gasteiger charge is 2.14. The summed E-state index contributed by atoms with van der Waals surface area (Å²) in [7, 11) is 3.84. The number of benzene rings is 2. The highest BCUT2D eigenvalue weighted by Crippen LogP contribution is 2.28. The highest BCUT2D eigenvalue weighted by atomic mass is 35.5. The number of anilines is 2. The van der Waals surface area contributed by atoms with Crippen LogP contribution in [0.3, 0.4) is 0 Å². The molecule has 0 bridgehead atoms. The normalized spacial score (nSPS) is 10.7. The Bertz CT molecular complexity index is 973. The van der Waals surface area contributed by atoms with Gasteiger partial charge in [0.05, 0.1) is 22.8 Å². The van der Waals surface area contributed by atoms with Gasteiger partial charge in [0.15, 0.2) is 5.16 Å². The number of hydrogen-bond donors (Lipinski definition) is 1. The summed E-state index contributed by atoms with van der Waals surface area (Å²) in [5, 5.41) is 12.4. The van der Waals surface area contributed by atoms with E-state index in [1.807, 2.05) is 47.8 Å². The van der Waals surface area contributed by atoms with E-state index in [4.69, 9.17) is 11.6 Å². The van der Waals surface area contributed by atoms with Gasteiger partial charge >= 0.3 is 0 Å². The van der Waals surface area contributed by atoms with Crippen molar-refractivity contribution in [1.82, 2.24) is 14.8 Å². The van der Waals surface area contributed by atoms with E-state index >= 15 is 0 Å². The van der Waals surface area contributed by atoms with Gasteiger partial charge in [0.1, 0.15) is 6.33 Å². The number of nitrogens with one attached hydrogen (secondary N) is 1. The third-order valence-electron chi connectivity index (χ3n) is 4.20. The van der Waals surface area contributed by atoms with Crippen molar-refractivity contribution in [2.24, 2.45) is 0 Å². The minimum atomic E-state index is -0.131. The number of para-hydroxylation sites is 1. The van der Waals surface area contributed by atoms with Gasteiger partial charge in [-0.3, -0.25) is 9.36 Å². The van der Waals surface area contributed by atoms with Crippen LogP contribution in [0.15, 0.2) is 53.9 Å². The molecule has 1 aromatic heterocycles. The molecule has 0 aliphatic carbocycles. The number of amides is 1. The first-order valence-electron chi connectivity index (χ1n) is 8.87. The molecule has 0 fully saturated rings. The zero-order chi connectivity index (χ0) is 20.1. The molecular weight excluding hydrogens is 394 g/mol. The lowest BCUT2D eigenvalue weighted by Crippen LogP contribution is -2.18. The number of aryl methyl sites for hydroxylation is 1. The summed E-state index contributed by atoms with van der Waals surface area (Å²) in [5.41, 5.74) is 3.80. The van der Waals surface area contributed by atoms with Crippen molar-refractivity contribution in [2.45, 2.75) is 18.5 Å². The summed E-state index contributed by atoms with van der Waals surface area (Å²) >= 11 is 7.43. The molecule has 28 heavy (non-hydrogen) atoms. The Morgan fingerprint density at radius 2 is 2.04 bits per heavy atom. The minimum Gasteiger partial charge on any atom is -0.376 e. The van der Waals surface area contributed by atoms with Crippen molar-refractivity contribution in [1.29, 1.82) is 0 Å². The number of hydrogen-bond acceptors (Lipinski definition) is 5. The molecule has 0 saturated carbocycles. The molecule has 2 aromatic carbocycles. The first kappa shape index (κ1) is 20.2. The van der Waals surface area contributed by atoms with E-state index in [-0.39, 0.29) is 11.7 Å². The maximum absolute atomic E-state index is 12.5. The molecule has 0 aliphatic rings. The summed E-state index contributed by atoms with van der Waals surface area (Å²) in [5.74, 6) is 0.0838. The molecule has 1 N–H and O–H groups in total. The molecule has 0 spiro atoms. The minimum absolute atomic E-state index is 0.131. The Labute approximate surface area is 173 Å². The number of rotatable bonds is 7. The van der Waals surface area contributed by atoms with Crippen molar-refractivity contribution < 1.29 is 4.79 Å². The standard InChI is InChI=1S/C20H22ClN5OS/c1-4-14-7-5-6-8-17(14)26-13-22-24-20(26)28-12-19(27)23-16-11-15(21)9-10-18(16)25(2)3/h5-11,13H,4,12H2,1-3H3,(H,23,27). The molecule has 1 heterocycles. The van der Waals surface area contributed by atoms with Crippen LogP contribution < -0.4 is 10.2 Å². The predicted octanol–water partition coefficient (Wildman–Crippen LogP) is 4.28. The fourth-order valence-electron chi connectivity index (χ4n) is 2.85. The Morgan fingerprint density at radius 1 is 1.25 bits per heavy atom. The quantitative estimate of drug-likeness (QED) is 0.583. The highest BCUT2D eigenvalue weighted by molar-refractivity contribution is 7.99. The zero-order valence-electron chi connectivity index (χ0n) is 16.0. The first-order chi connectivity index (χ1) is 13.5. The van der Waals surface area contributed by atoms with E-state index in [0.29, 0.717) is 15.9 Å². The molecule has 0 atom stereocenters. The molecule has 3 aromatic rings. The van der Waals surface area contributed by atoms with E-state index in [1.54, 1.807) is 18.5 Å². The first-order valence-corrected chi connectivity index (χ1v) is 10.2. The second-order valence-electron chi connectivity index (χ2n) is 6.36. The van der Waals surface area contributed by atoms with E-state index < -0.39 is 0 Å². The molecule has 6 nitrogen and oxygen atoms in total. The van der Waals surface area contributed by atoms with Crippen LogP contribution in [0.1, 0.15) is 12.5 Å². The maximum Gasteiger partial charge on any atom is 0.234 e.